The van der Waals surface area contributed by atoms with Crippen molar-refractivity contribution < 1.29 is 13.2 Å². The number of rotatable bonds is 7. The van der Waals surface area contributed by atoms with Crippen molar-refractivity contribution in [3.8, 4) is 0 Å². The molecule has 0 radical (unpaired) electrons. The maximum atomic E-state index is 12.7. The maximum absolute atomic E-state index is 12.7. The van der Waals surface area contributed by atoms with Gasteiger partial charge in [0.05, 0.1) is 11.3 Å². The molecule has 1 aromatic heterocycles. The molecule has 0 spiro atoms. The lowest BCUT2D eigenvalue weighted by molar-refractivity contribution is -0.137. The Morgan fingerprint density at radius 3 is 2.41 bits per heavy atom. The smallest absolute Gasteiger partial charge is 0.312 e. The van der Waals surface area contributed by atoms with E-state index in [0.717, 1.165) is 71.3 Å². The number of aromatic amines is 1. The van der Waals surface area contributed by atoms with Gasteiger partial charge in [-0.2, -0.15) is 18.3 Å². The lowest BCUT2D eigenvalue weighted by Crippen LogP contribution is -2.23. The molecule has 0 bridgehead atoms. The van der Waals surface area contributed by atoms with Crippen LogP contribution in [0.5, 0.6) is 0 Å². The van der Waals surface area contributed by atoms with E-state index in [4.69, 9.17) is 0 Å². The lowest BCUT2D eigenvalue weighted by atomic mass is 9.90. The zero-order valence-electron chi connectivity index (χ0n) is 17.8. The quantitative estimate of drug-likeness (QED) is 0.528. The molecule has 2 N–H and O–H groups in total. The van der Waals surface area contributed by atoms with Crippen LogP contribution in [0.25, 0.3) is 0 Å². The van der Waals surface area contributed by atoms with Gasteiger partial charge >= 0.3 is 6.18 Å². The molecule has 2 aromatic carbocycles. The molecule has 0 aliphatic heterocycles. The second kappa shape index (κ2) is 9.69. The van der Waals surface area contributed by atoms with E-state index in [1.807, 2.05) is 12.1 Å². The van der Waals surface area contributed by atoms with Crippen LogP contribution in [0.1, 0.15) is 51.9 Å². The average Bonchev–Trinajstić information content (AvgIpc) is 2.79. The van der Waals surface area contributed by atoms with Gasteiger partial charge in [-0.25, -0.2) is 5.10 Å². The second-order valence-corrected chi connectivity index (χ2v) is 8.28. The number of nitrogens with zero attached hydrogens (tertiary/aromatic N) is 1. The SMILES string of the molecule is O=c1[nH]nc(Cc2cccc(CNCCc3ccc(C(F)(F)F)cc3)c2)c2c1CCCC2. The summed E-state index contributed by atoms with van der Waals surface area (Å²) >= 11 is 0. The van der Waals surface area contributed by atoms with E-state index in [1.54, 1.807) is 0 Å². The Morgan fingerprint density at radius 1 is 0.938 bits per heavy atom. The first kappa shape index (κ1) is 22.3. The van der Waals surface area contributed by atoms with Gasteiger partial charge in [0, 0.05) is 18.5 Å². The maximum Gasteiger partial charge on any atom is 0.416 e. The van der Waals surface area contributed by atoms with Crippen LogP contribution >= 0.6 is 0 Å². The van der Waals surface area contributed by atoms with Crippen LogP contribution in [-0.4, -0.2) is 16.7 Å². The van der Waals surface area contributed by atoms with E-state index in [-0.39, 0.29) is 5.56 Å². The van der Waals surface area contributed by atoms with E-state index in [2.05, 4.69) is 27.6 Å². The molecular weight excluding hydrogens is 415 g/mol. The number of halogens is 3. The molecule has 168 valence electrons. The molecule has 1 aliphatic carbocycles. The Morgan fingerprint density at radius 2 is 1.66 bits per heavy atom. The number of fused-ring (bicyclic) bond motifs is 1. The minimum absolute atomic E-state index is 0.0607. The predicted octanol–water partition coefficient (Wildman–Crippen LogP) is 4.59. The molecule has 0 atom stereocenters. The van der Waals surface area contributed by atoms with Crippen LogP contribution in [0, 0.1) is 0 Å². The van der Waals surface area contributed by atoms with Crippen LogP contribution in [-0.2, 0) is 38.4 Å². The van der Waals surface area contributed by atoms with Crippen LogP contribution in [0.15, 0.2) is 53.3 Å². The van der Waals surface area contributed by atoms with Crippen molar-refractivity contribution in [2.24, 2.45) is 0 Å². The Balaban J connectivity index is 1.33. The third kappa shape index (κ3) is 5.46. The van der Waals surface area contributed by atoms with Gasteiger partial charge in [-0.3, -0.25) is 4.79 Å². The standard InChI is InChI=1S/C25H26F3N3O/c26-25(27,28)20-10-8-17(9-11-20)12-13-29-16-19-5-3-4-18(14-19)15-23-21-6-1-2-7-22(21)24(32)31-30-23/h3-5,8-11,14,29H,1-2,6-7,12-13,15-16H2,(H,31,32). The highest BCUT2D eigenvalue weighted by Gasteiger charge is 2.29. The Bertz CT molecular complexity index is 1120. The average molecular weight is 441 g/mol. The highest BCUT2D eigenvalue weighted by Crippen LogP contribution is 2.29. The van der Waals surface area contributed by atoms with E-state index >= 15 is 0 Å². The first-order valence-corrected chi connectivity index (χ1v) is 10.9. The zero-order chi connectivity index (χ0) is 22.6. The van der Waals surface area contributed by atoms with Crippen LogP contribution < -0.4 is 10.9 Å². The highest BCUT2D eigenvalue weighted by molar-refractivity contribution is 5.35. The number of hydrogen-bond acceptors (Lipinski definition) is 3. The van der Waals surface area contributed by atoms with Gasteiger partial charge in [-0.15, -0.1) is 0 Å². The third-order valence-electron chi connectivity index (χ3n) is 5.95. The highest BCUT2D eigenvalue weighted by atomic mass is 19.4. The van der Waals surface area contributed by atoms with Crippen molar-refractivity contribution in [1.29, 1.82) is 0 Å². The van der Waals surface area contributed by atoms with Crippen molar-refractivity contribution in [1.82, 2.24) is 15.5 Å². The summed E-state index contributed by atoms with van der Waals surface area (Å²) in [5.74, 6) is 0. The Labute approximate surface area is 184 Å². The van der Waals surface area contributed by atoms with E-state index in [0.29, 0.717) is 25.9 Å². The fourth-order valence-corrected chi connectivity index (χ4v) is 4.24. The molecule has 7 heteroatoms. The summed E-state index contributed by atoms with van der Waals surface area (Å²) in [5.41, 5.74) is 5.41. The molecule has 32 heavy (non-hydrogen) atoms. The fourth-order valence-electron chi connectivity index (χ4n) is 4.24. The van der Waals surface area contributed by atoms with Crippen LogP contribution in [0.3, 0.4) is 0 Å². The molecule has 0 fully saturated rings. The molecule has 1 heterocycles. The summed E-state index contributed by atoms with van der Waals surface area (Å²) in [6, 6.07) is 13.6. The second-order valence-electron chi connectivity index (χ2n) is 8.28. The van der Waals surface area contributed by atoms with E-state index < -0.39 is 11.7 Å². The molecule has 3 aromatic rings. The topological polar surface area (TPSA) is 57.8 Å². The summed E-state index contributed by atoms with van der Waals surface area (Å²) in [5, 5.41) is 10.3. The summed E-state index contributed by atoms with van der Waals surface area (Å²) < 4.78 is 38.0. The first-order chi connectivity index (χ1) is 15.4. The van der Waals surface area contributed by atoms with Crippen molar-refractivity contribution in [3.05, 3.63) is 98.0 Å². The number of hydrogen-bond donors (Lipinski definition) is 2. The molecular formula is C25H26F3N3O. The van der Waals surface area contributed by atoms with Crippen molar-refractivity contribution in [3.63, 3.8) is 0 Å². The minimum atomic E-state index is -4.30. The molecule has 1 aliphatic rings. The van der Waals surface area contributed by atoms with Gasteiger partial charge in [0.2, 0.25) is 0 Å². The predicted molar refractivity (Wildman–Crippen MR) is 118 cm³/mol. The van der Waals surface area contributed by atoms with Crippen molar-refractivity contribution in [2.75, 3.05) is 6.54 Å². The third-order valence-corrected chi connectivity index (χ3v) is 5.95. The van der Waals surface area contributed by atoms with Gasteiger partial charge in [0.25, 0.3) is 5.56 Å². The van der Waals surface area contributed by atoms with Gasteiger partial charge in [-0.05, 0) is 73.0 Å². The van der Waals surface area contributed by atoms with Gasteiger partial charge in [0.1, 0.15) is 0 Å². The minimum Gasteiger partial charge on any atom is -0.312 e. The number of aromatic nitrogens is 2. The fraction of sp³-hybridized carbons (Fsp3) is 0.360. The van der Waals surface area contributed by atoms with Crippen molar-refractivity contribution in [2.45, 2.75) is 51.2 Å². The van der Waals surface area contributed by atoms with Gasteiger partial charge < -0.3 is 5.32 Å². The normalized spacial score (nSPS) is 13.7. The van der Waals surface area contributed by atoms with Gasteiger partial charge in [-0.1, -0.05) is 36.4 Å². The Kier molecular flexibility index (Phi) is 6.74. The number of H-pyrrole nitrogens is 1. The van der Waals surface area contributed by atoms with E-state index in [1.165, 1.54) is 12.1 Å². The zero-order valence-corrected chi connectivity index (χ0v) is 17.8. The van der Waals surface area contributed by atoms with E-state index in [9.17, 15) is 18.0 Å². The van der Waals surface area contributed by atoms with Crippen molar-refractivity contribution >= 4 is 0 Å². The monoisotopic (exact) mass is 441 g/mol. The molecule has 0 unspecified atom stereocenters. The first-order valence-electron chi connectivity index (χ1n) is 10.9. The summed E-state index contributed by atoms with van der Waals surface area (Å²) in [6.45, 7) is 1.34. The Hall–Kier alpha value is -2.93. The molecule has 0 amide bonds. The number of nitrogens with one attached hydrogen (secondary N) is 2. The summed E-state index contributed by atoms with van der Waals surface area (Å²) in [4.78, 5) is 12.1. The number of alkyl halides is 3. The molecule has 0 saturated carbocycles. The van der Waals surface area contributed by atoms with Crippen LogP contribution in [0.2, 0.25) is 0 Å². The lowest BCUT2D eigenvalue weighted by Gasteiger charge is -2.17. The molecule has 0 saturated heterocycles. The largest absolute Gasteiger partial charge is 0.416 e. The summed E-state index contributed by atoms with van der Waals surface area (Å²) in [6.07, 6.45) is 0.909. The van der Waals surface area contributed by atoms with Crippen LogP contribution in [0.4, 0.5) is 13.2 Å². The molecule has 4 rings (SSSR count). The van der Waals surface area contributed by atoms with Gasteiger partial charge in [0.15, 0.2) is 0 Å². The summed E-state index contributed by atoms with van der Waals surface area (Å²) in [7, 11) is 0. The molecule has 4 nitrogen and oxygen atoms in total. The number of benzene rings is 2.